The van der Waals surface area contributed by atoms with Crippen molar-refractivity contribution in [3.05, 3.63) is 41.7 Å². The fourth-order valence-electron chi connectivity index (χ4n) is 2.51. The molecule has 0 spiro atoms. The molecule has 0 atom stereocenters. The standard InChI is InChI=1S/C18H23N3O3/c1-12(2)15-7-5-6-8-16(15)21(14(4)22)10-9-18(23)19-17-11-13(3)24-20-17/h5-8,11-12H,9-10H2,1-4H3,(H,19,20,23). The van der Waals surface area contributed by atoms with Gasteiger partial charge in [-0.15, -0.1) is 0 Å². The number of nitrogens with one attached hydrogen (secondary N) is 1. The summed E-state index contributed by atoms with van der Waals surface area (Å²) in [6.07, 6.45) is 0.178. The first-order valence-corrected chi connectivity index (χ1v) is 7.98. The molecule has 2 aromatic rings. The van der Waals surface area contributed by atoms with Crippen LogP contribution in [0.1, 0.15) is 44.4 Å². The van der Waals surface area contributed by atoms with Crippen LogP contribution >= 0.6 is 0 Å². The number of carbonyl (C=O) groups excluding carboxylic acids is 2. The van der Waals surface area contributed by atoms with E-state index in [1.54, 1.807) is 17.9 Å². The third-order valence-electron chi connectivity index (χ3n) is 3.69. The second kappa shape index (κ2) is 7.77. The van der Waals surface area contributed by atoms with Crippen molar-refractivity contribution < 1.29 is 14.1 Å². The van der Waals surface area contributed by atoms with Crippen molar-refractivity contribution in [1.82, 2.24) is 5.16 Å². The molecule has 2 amide bonds. The monoisotopic (exact) mass is 329 g/mol. The lowest BCUT2D eigenvalue weighted by Crippen LogP contribution is -2.32. The average Bonchev–Trinajstić information content (AvgIpc) is 2.92. The van der Waals surface area contributed by atoms with E-state index in [-0.39, 0.29) is 24.2 Å². The fourth-order valence-corrected chi connectivity index (χ4v) is 2.51. The summed E-state index contributed by atoms with van der Waals surface area (Å²) in [6.45, 7) is 7.73. The van der Waals surface area contributed by atoms with Crippen LogP contribution in [0.3, 0.4) is 0 Å². The molecule has 2 rings (SSSR count). The number of amides is 2. The summed E-state index contributed by atoms with van der Waals surface area (Å²) < 4.78 is 4.91. The van der Waals surface area contributed by atoms with Crippen molar-refractivity contribution in [1.29, 1.82) is 0 Å². The van der Waals surface area contributed by atoms with Gasteiger partial charge in [-0.05, 0) is 24.5 Å². The first-order chi connectivity index (χ1) is 11.4. The van der Waals surface area contributed by atoms with E-state index in [2.05, 4.69) is 24.3 Å². The van der Waals surface area contributed by atoms with Gasteiger partial charge in [0.15, 0.2) is 5.82 Å². The number of hydrogen-bond donors (Lipinski definition) is 1. The minimum Gasteiger partial charge on any atom is -0.360 e. The average molecular weight is 329 g/mol. The zero-order valence-electron chi connectivity index (χ0n) is 14.5. The summed E-state index contributed by atoms with van der Waals surface area (Å²) in [6, 6.07) is 9.42. The van der Waals surface area contributed by atoms with Crippen molar-refractivity contribution >= 4 is 23.3 Å². The van der Waals surface area contributed by atoms with Gasteiger partial charge in [0, 0.05) is 31.6 Å². The van der Waals surface area contributed by atoms with Crippen molar-refractivity contribution in [2.75, 3.05) is 16.8 Å². The number of aryl methyl sites for hydroxylation is 1. The van der Waals surface area contributed by atoms with E-state index in [4.69, 9.17) is 4.52 Å². The van der Waals surface area contributed by atoms with Crippen LogP contribution in [-0.4, -0.2) is 23.5 Å². The minimum atomic E-state index is -0.212. The molecule has 1 heterocycles. The summed E-state index contributed by atoms with van der Waals surface area (Å²) >= 11 is 0. The van der Waals surface area contributed by atoms with Crippen LogP contribution in [-0.2, 0) is 9.59 Å². The lowest BCUT2D eigenvalue weighted by Gasteiger charge is -2.25. The van der Waals surface area contributed by atoms with Crippen molar-refractivity contribution in [3.63, 3.8) is 0 Å². The molecule has 1 aromatic heterocycles. The highest BCUT2D eigenvalue weighted by atomic mass is 16.5. The van der Waals surface area contributed by atoms with E-state index in [1.807, 2.05) is 24.3 Å². The number of nitrogens with zero attached hydrogens (tertiary/aromatic N) is 2. The number of para-hydroxylation sites is 1. The Bertz CT molecular complexity index is 722. The zero-order chi connectivity index (χ0) is 17.7. The first kappa shape index (κ1) is 17.7. The molecule has 1 aromatic carbocycles. The van der Waals surface area contributed by atoms with Crippen LogP contribution in [0.5, 0.6) is 0 Å². The number of aromatic nitrogens is 1. The molecule has 24 heavy (non-hydrogen) atoms. The molecule has 1 N–H and O–H groups in total. The largest absolute Gasteiger partial charge is 0.360 e. The lowest BCUT2D eigenvalue weighted by atomic mass is 10.0. The normalized spacial score (nSPS) is 10.7. The zero-order valence-corrected chi connectivity index (χ0v) is 14.5. The predicted molar refractivity (Wildman–Crippen MR) is 93.0 cm³/mol. The van der Waals surface area contributed by atoms with Crippen LogP contribution in [0.4, 0.5) is 11.5 Å². The Balaban J connectivity index is 2.07. The third-order valence-corrected chi connectivity index (χ3v) is 3.69. The molecule has 6 heteroatoms. The van der Waals surface area contributed by atoms with Crippen LogP contribution in [0.25, 0.3) is 0 Å². The van der Waals surface area contributed by atoms with Gasteiger partial charge >= 0.3 is 0 Å². The van der Waals surface area contributed by atoms with Crippen LogP contribution in [0.15, 0.2) is 34.9 Å². The van der Waals surface area contributed by atoms with Gasteiger partial charge in [-0.1, -0.05) is 37.2 Å². The Hall–Kier alpha value is -2.63. The fraction of sp³-hybridized carbons (Fsp3) is 0.389. The van der Waals surface area contributed by atoms with Crippen molar-refractivity contribution in [2.24, 2.45) is 0 Å². The van der Waals surface area contributed by atoms with E-state index in [9.17, 15) is 9.59 Å². The Morgan fingerprint density at radius 1 is 1.29 bits per heavy atom. The maximum atomic E-state index is 12.1. The summed E-state index contributed by atoms with van der Waals surface area (Å²) in [5, 5.41) is 6.39. The number of hydrogen-bond acceptors (Lipinski definition) is 4. The van der Waals surface area contributed by atoms with Gasteiger partial charge in [0.1, 0.15) is 5.76 Å². The molecule has 128 valence electrons. The van der Waals surface area contributed by atoms with Crippen LogP contribution in [0, 0.1) is 6.92 Å². The number of benzene rings is 1. The molecule has 0 radical (unpaired) electrons. The Labute approximate surface area is 141 Å². The minimum absolute atomic E-state index is 0.0896. The maximum Gasteiger partial charge on any atom is 0.227 e. The molecule has 0 aliphatic rings. The quantitative estimate of drug-likeness (QED) is 0.880. The molecular formula is C18H23N3O3. The maximum absolute atomic E-state index is 12.1. The molecule has 0 fully saturated rings. The van der Waals surface area contributed by atoms with E-state index in [1.165, 1.54) is 6.92 Å². The molecule has 0 aliphatic carbocycles. The van der Waals surface area contributed by atoms with Crippen molar-refractivity contribution in [2.45, 2.75) is 40.0 Å². The van der Waals surface area contributed by atoms with Crippen molar-refractivity contribution in [3.8, 4) is 0 Å². The summed E-state index contributed by atoms with van der Waals surface area (Å²) in [7, 11) is 0. The molecule has 0 saturated carbocycles. The third kappa shape index (κ3) is 4.44. The van der Waals surface area contributed by atoms with Gasteiger partial charge in [0.25, 0.3) is 0 Å². The molecule has 0 unspecified atom stereocenters. The lowest BCUT2D eigenvalue weighted by molar-refractivity contribution is -0.117. The topological polar surface area (TPSA) is 75.4 Å². The van der Waals surface area contributed by atoms with Gasteiger partial charge < -0.3 is 14.7 Å². The predicted octanol–water partition coefficient (Wildman–Crippen LogP) is 3.49. The number of carbonyl (C=O) groups is 2. The van der Waals surface area contributed by atoms with E-state index in [0.29, 0.717) is 18.1 Å². The molecule has 0 bridgehead atoms. The Morgan fingerprint density at radius 3 is 2.58 bits per heavy atom. The second-order valence-corrected chi connectivity index (χ2v) is 6.01. The van der Waals surface area contributed by atoms with Crippen LogP contribution < -0.4 is 10.2 Å². The highest BCUT2D eigenvalue weighted by Crippen LogP contribution is 2.27. The highest BCUT2D eigenvalue weighted by Gasteiger charge is 2.18. The summed E-state index contributed by atoms with van der Waals surface area (Å²) in [5.74, 6) is 0.996. The Kier molecular flexibility index (Phi) is 5.73. The highest BCUT2D eigenvalue weighted by molar-refractivity contribution is 5.95. The van der Waals surface area contributed by atoms with E-state index in [0.717, 1.165) is 11.3 Å². The second-order valence-electron chi connectivity index (χ2n) is 6.01. The first-order valence-electron chi connectivity index (χ1n) is 7.98. The molecule has 0 aliphatic heterocycles. The molecule has 6 nitrogen and oxygen atoms in total. The summed E-state index contributed by atoms with van der Waals surface area (Å²) in [5.41, 5.74) is 1.94. The van der Waals surface area contributed by atoms with Gasteiger partial charge in [-0.25, -0.2) is 0 Å². The van der Waals surface area contributed by atoms with Gasteiger partial charge in [0.05, 0.1) is 0 Å². The van der Waals surface area contributed by atoms with Gasteiger partial charge in [0.2, 0.25) is 11.8 Å². The Morgan fingerprint density at radius 2 is 2.00 bits per heavy atom. The smallest absolute Gasteiger partial charge is 0.227 e. The van der Waals surface area contributed by atoms with Gasteiger partial charge in [-0.3, -0.25) is 9.59 Å². The van der Waals surface area contributed by atoms with Gasteiger partial charge in [-0.2, -0.15) is 0 Å². The van der Waals surface area contributed by atoms with Crippen LogP contribution in [0.2, 0.25) is 0 Å². The summed E-state index contributed by atoms with van der Waals surface area (Å²) in [4.78, 5) is 25.8. The number of anilines is 2. The van der Waals surface area contributed by atoms with E-state index >= 15 is 0 Å². The molecular weight excluding hydrogens is 306 g/mol. The SMILES string of the molecule is CC(=O)N(CCC(=O)Nc1cc(C)on1)c1ccccc1C(C)C. The number of rotatable bonds is 6. The van der Waals surface area contributed by atoms with E-state index < -0.39 is 0 Å². The molecule has 0 saturated heterocycles.